The van der Waals surface area contributed by atoms with E-state index in [4.69, 9.17) is 0 Å². The number of hydrogen-bond acceptors (Lipinski definition) is 5. The van der Waals surface area contributed by atoms with Gasteiger partial charge in [0.15, 0.2) is 5.72 Å². The lowest BCUT2D eigenvalue weighted by molar-refractivity contribution is -0.0542. The highest BCUT2D eigenvalue weighted by atomic mass is 79.9. The van der Waals surface area contributed by atoms with Crippen molar-refractivity contribution >= 4 is 44.9 Å². The lowest BCUT2D eigenvalue weighted by atomic mass is 9.93. The Morgan fingerprint density at radius 3 is 2.79 bits per heavy atom. The van der Waals surface area contributed by atoms with Crippen molar-refractivity contribution in [1.82, 2.24) is 14.9 Å². The molecule has 1 aliphatic heterocycles. The van der Waals surface area contributed by atoms with Crippen molar-refractivity contribution in [1.29, 1.82) is 0 Å². The Labute approximate surface area is 197 Å². The van der Waals surface area contributed by atoms with Crippen LogP contribution in [0, 0.1) is 0 Å². The fourth-order valence-corrected chi connectivity index (χ4v) is 4.61. The van der Waals surface area contributed by atoms with E-state index in [9.17, 15) is 14.7 Å². The number of nitrogens with one attached hydrogen (secondary N) is 2. The number of ether oxygens (including phenoxy) is 1. The molecular weight excluding hydrogens is 488 g/mol. The third kappa shape index (κ3) is 3.55. The second kappa shape index (κ2) is 8.02. The maximum atomic E-state index is 13.4. The van der Waals surface area contributed by atoms with Gasteiger partial charge in [-0.3, -0.25) is 15.0 Å². The molecule has 2 amide bonds. The summed E-state index contributed by atoms with van der Waals surface area (Å²) in [6, 6.07) is 19.9. The third-order valence-electron chi connectivity index (χ3n) is 5.69. The number of aliphatic hydroxyl groups is 1. The molecule has 0 fully saturated rings. The summed E-state index contributed by atoms with van der Waals surface area (Å²) in [7, 11) is 1.26. The van der Waals surface area contributed by atoms with Gasteiger partial charge in [-0.25, -0.2) is 9.78 Å². The van der Waals surface area contributed by atoms with Crippen LogP contribution in [0.3, 0.4) is 0 Å². The van der Waals surface area contributed by atoms with Crippen LogP contribution >= 0.6 is 15.9 Å². The van der Waals surface area contributed by atoms with Gasteiger partial charge in [0.2, 0.25) is 5.95 Å². The average Bonchev–Trinajstić information content (AvgIpc) is 3.31. The van der Waals surface area contributed by atoms with Crippen LogP contribution < -0.4 is 5.32 Å². The molecule has 9 heteroatoms. The number of nitrogens with zero attached hydrogens (tertiary/aromatic N) is 2. The standard InChI is InChI=1S/C24H19BrN4O4/c1-33-23(31)28-22-26-19-10-9-15(12-20(19)27-22)24(32)18-8-3-2-7-17(18)21(30)29(24)13-14-5-4-6-16(25)11-14/h2-12,32H,13H2,1H3,(H2,26,27,28,31). The fourth-order valence-electron chi connectivity index (χ4n) is 4.16. The van der Waals surface area contributed by atoms with Crippen molar-refractivity contribution in [3.63, 3.8) is 0 Å². The normalized spacial score (nSPS) is 17.3. The van der Waals surface area contributed by atoms with E-state index in [2.05, 4.69) is 36.0 Å². The lowest BCUT2D eigenvalue weighted by Crippen LogP contribution is -2.44. The predicted octanol–water partition coefficient (Wildman–Crippen LogP) is 4.35. The van der Waals surface area contributed by atoms with E-state index >= 15 is 0 Å². The van der Waals surface area contributed by atoms with Crippen molar-refractivity contribution in [3.05, 3.63) is 93.5 Å². The summed E-state index contributed by atoms with van der Waals surface area (Å²) >= 11 is 3.46. The van der Waals surface area contributed by atoms with Crippen LogP contribution in [0.2, 0.25) is 0 Å². The summed E-state index contributed by atoms with van der Waals surface area (Å²) in [5.41, 5.74) is 1.82. The van der Waals surface area contributed by atoms with Crippen LogP contribution in [-0.2, 0) is 17.0 Å². The number of hydrogen-bond donors (Lipinski definition) is 3. The molecule has 0 saturated heterocycles. The second-order valence-electron chi connectivity index (χ2n) is 7.67. The summed E-state index contributed by atoms with van der Waals surface area (Å²) in [4.78, 5) is 33.7. The molecule has 166 valence electrons. The first-order valence-corrected chi connectivity index (χ1v) is 10.9. The molecule has 3 N–H and O–H groups in total. The summed E-state index contributed by atoms with van der Waals surface area (Å²) in [5, 5.41) is 14.6. The van der Waals surface area contributed by atoms with Gasteiger partial charge in [0.05, 0.1) is 18.1 Å². The molecular formula is C24H19BrN4O4. The molecule has 1 atom stereocenters. The maximum absolute atomic E-state index is 13.4. The van der Waals surface area contributed by atoms with Crippen molar-refractivity contribution in [2.45, 2.75) is 12.3 Å². The number of aromatic amines is 1. The molecule has 0 saturated carbocycles. The van der Waals surface area contributed by atoms with Crippen LogP contribution in [0.15, 0.2) is 71.2 Å². The van der Waals surface area contributed by atoms with E-state index < -0.39 is 11.8 Å². The second-order valence-corrected chi connectivity index (χ2v) is 8.59. The number of imidazole rings is 1. The molecule has 2 heterocycles. The molecule has 33 heavy (non-hydrogen) atoms. The molecule has 0 bridgehead atoms. The first kappa shape index (κ1) is 21.2. The van der Waals surface area contributed by atoms with Crippen LogP contribution in [0.5, 0.6) is 0 Å². The van der Waals surface area contributed by atoms with Gasteiger partial charge < -0.3 is 14.8 Å². The number of anilines is 1. The molecule has 4 aromatic rings. The third-order valence-corrected chi connectivity index (χ3v) is 6.18. The van der Waals surface area contributed by atoms with E-state index in [0.29, 0.717) is 27.7 Å². The Morgan fingerprint density at radius 2 is 2.00 bits per heavy atom. The topological polar surface area (TPSA) is 108 Å². The molecule has 1 aliphatic rings. The van der Waals surface area contributed by atoms with E-state index in [1.165, 1.54) is 12.0 Å². The van der Waals surface area contributed by atoms with E-state index in [1.54, 1.807) is 42.5 Å². The van der Waals surface area contributed by atoms with E-state index in [-0.39, 0.29) is 18.4 Å². The maximum Gasteiger partial charge on any atom is 0.413 e. The van der Waals surface area contributed by atoms with Gasteiger partial charge in [0, 0.05) is 27.7 Å². The largest absolute Gasteiger partial charge is 0.453 e. The summed E-state index contributed by atoms with van der Waals surface area (Å²) < 4.78 is 5.49. The molecule has 3 aromatic carbocycles. The Morgan fingerprint density at radius 1 is 1.18 bits per heavy atom. The highest BCUT2D eigenvalue weighted by Gasteiger charge is 2.49. The first-order valence-electron chi connectivity index (χ1n) is 10.1. The molecule has 1 aromatic heterocycles. The van der Waals surface area contributed by atoms with Crippen LogP contribution in [-0.4, -0.2) is 39.1 Å². The molecule has 0 radical (unpaired) electrons. The van der Waals surface area contributed by atoms with Gasteiger partial charge in [-0.1, -0.05) is 52.3 Å². The van der Waals surface area contributed by atoms with E-state index in [0.717, 1.165) is 10.0 Å². The number of benzene rings is 3. The predicted molar refractivity (Wildman–Crippen MR) is 126 cm³/mol. The van der Waals surface area contributed by atoms with Gasteiger partial charge in [-0.15, -0.1) is 0 Å². The van der Waals surface area contributed by atoms with Gasteiger partial charge >= 0.3 is 6.09 Å². The highest BCUT2D eigenvalue weighted by molar-refractivity contribution is 9.10. The molecule has 0 aliphatic carbocycles. The van der Waals surface area contributed by atoms with Gasteiger partial charge in [0.1, 0.15) is 0 Å². The molecule has 1 unspecified atom stereocenters. The zero-order chi connectivity index (χ0) is 23.2. The number of carbonyl (C=O) groups is 2. The number of fused-ring (bicyclic) bond motifs is 2. The van der Waals surface area contributed by atoms with Crippen LogP contribution in [0.25, 0.3) is 11.0 Å². The minimum atomic E-state index is -1.69. The SMILES string of the molecule is COC(=O)Nc1nc2ccc(C3(O)c4ccccc4C(=O)N3Cc3cccc(Br)c3)cc2[nH]1. The van der Waals surface area contributed by atoms with Crippen molar-refractivity contribution in [2.24, 2.45) is 0 Å². The average molecular weight is 507 g/mol. The highest BCUT2D eigenvalue weighted by Crippen LogP contribution is 2.43. The van der Waals surface area contributed by atoms with Gasteiger partial charge in [-0.2, -0.15) is 0 Å². The number of H-pyrrole nitrogens is 1. The van der Waals surface area contributed by atoms with Crippen molar-refractivity contribution in [2.75, 3.05) is 12.4 Å². The van der Waals surface area contributed by atoms with Crippen molar-refractivity contribution in [3.8, 4) is 0 Å². The number of halogens is 1. The van der Waals surface area contributed by atoms with Gasteiger partial charge in [0.25, 0.3) is 5.91 Å². The summed E-state index contributed by atoms with van der Waals surface area (Å²) in [6.45, 7) is 0.208. The number of methoxy groups -OCH3 is 1. The molecule has 8 nitrogen and oxygen atoms in total. The van der Waals surface area contributed by atoms with Crippen LogP contribution in [0.1, 0.15) is 27.0 Å². The Bertz CT molecular complexity index is 1400. The zero-order valence-electron chi connectivity index (χ0n) is 17.5. The number of aromatic nitrogens is 2. The quantitative estimate of drug-likeness (QED) is 0.381. The first-order chi connectivity index (χ1) is 15.9. The minimum absolute atomic E-state index is 0.208. The monoisotopic (exact) mass is 506 g/mol. The lowest BCUT2D eigenvalue weighted by Gasteiger charge is -2.35. The van der Waals surface area contributed by atoms with Crippen LogP contribution in [0.4, 0.5) is 10.7 Å². The Balaban J connectivity index is 1.61. The number of carbonyl (C=O) groups excluding carboxylic acids is 2. The van der Waals surface area contributed by atoms with Gasteiger partial charge in [-0.05, 0) is 35.9 Å². The van der Waals surface area contributed by atoms with Crippen molar-refractivity contribution < 1.29 is 19.4 Å². The Kier molecular flexibility index (Phi) is 5.15. The van der Waals surface area contributed by atoms with E-state index in [1.807, 2.05) is 24.3 Å². The summed E-state index contributed by atoms with van der Waals surface area (Å²) in [6.07, 6.45) is -0.650. The smallest absolute Gasteiger partial charge is 0.413 e. The molecule has 5 rings (SSSR count). The Hall–Kier alpha value is -3.69. The number of amides is 2. The number of rotatable bonds is 4. The summed E-state index contributed by atoms with van der Waals surface area (Å²) in [5.74, 6) is -0.0410. The zero-order valence-corrected chi connectivity index (χ0v) is 19.1. The molecule has 0 spiro atoms. The minimum Gasteiger partial charge on any atom is -0.453 e. The fraction of sp³-hybridized carbons (Fsp3) is 0.125.